The molecule has 31 heavy (non-hydrogen) atoms. The number of esters is 1. The van der Waals surface area contributed by atoms with E-state index < -0.39 is 5.97 Å². The number of rotatable bonds is 5. The van der Waals surface area contributed by atoms with Gasteiger partial charge < -0.3 is 9.64 Å². The molecule has 0 saturated carbocycles. The Labute approximate surface area is 181 Å². The zero-order valence-corrected chi connectivity index (χ0v) is 17.7. The zero-order valence-electron chi connectivity index (χ0n) is 17.7. The highest BCUT2D eigenvalue weighted by Crippen LogP contribution is 2.22. The van der Waals surface area contributed by atoms with E-state index in [2.05, 4.69) is 23.3 Å². The number of para-hydroxylation sites is 1. The summed E-state index contributed by atoms with van der Waals surface area (Å²) in [6.45, 7) is 4.45. The van der Waals surface area contributed by atoms with Crippen LogP contribution in [-0.4, -0.2) is 46.3 Å². The molecule has 4 rings (SSSR count). The molecule has 1 aliphatic rings. The van der Waals surface area contributed by atoms with Crippen LogP contribution in [0.3, 0.4) is 0 Å². The van der Waals surface area contributed by atoms with Gasteiger partial charge in [0.1, 0.15) is 5.56 Å². The Morgan fingerprint density at radius 3 is 2.32 bits per heavy atom. The first-order valence-corrected chi connectivity index (χ1v) is 10.4. The summed E-state index contributed by atoms with van der Waals surface area (Å²) in [4.78, 5) is 27.0. The molecule has 0 fully saturated rings. The number of carbonyl (C=O) groups is 2. The smallest absolute Gasteiger partial charge is 0.342 e. The van der Waals surface area contributed by atoms with Gasteiger partial charge >= 0.3 is 5.97 Å². The Bertz CT molecular complexity index is 1120. The second-order valence-corrected chi connectivity index (χ2v) is 7.55. The van der Waals surface area contributed by atoms with Crippen LogP contribution in [0, 0.1) is 13.8 Å². The van der Waals surface area contributed by atoms with Crippen molar-refractivity contribution in [2.45, 2.75) is 20.3 Å². The van der Waals surface area contributed by atoms with Crippen LogP contribution in [0.2, 0.25) is 0 Å². The van der Waals surface area contributed by atoms with Crippen molar-refractivity contribution < 1.29 is 14.3 Å². The van der Waals surface area contributed by atoms with E-state index in [1.807, 2.05) is 55.5 Å². The summed E-state index contributed by atoms with van der Waals surface area (Å²) in [5.41, 5.74) is 4.96. The molecule has 1 aliphatic heterocycles. The Hall–Kier alpha value is -3.67. The van der Waals surface area contributed by atoms with Crippen LogP contribution in [0.1, 0.15) is 33.7 Å². The number of hydrogen-bond acceptors (Lipinski definition) is 4. The summed E-state index contributed by atoms with van der Waals surface area (Å²) in [6, 6.07) is 19.8. The maximum atomic E-state index is 12.7. The van der Waals surface area contributed by atoms with Gasteiger partial charge in [0.25, 0.3) is 5.91 Å². The number of aryl methyl sites for hydroxylation is 1. The Kier molecular flexibility index (Phi) is 5.98. The third kappa shape index (κ3) is 4.43. The first kappa shape index (κ1) is 20.6. The van der Waals surface area contributed by atoms with Crippen LogP contribution in [0.4, 0.5) is 0 Å². The number of ether oxygens (including phenoxy) is 1. The molecule has 6 nitrogen and oxygen atoms in total. The van der Waals surface area contributed by atoms with Crippen LogP contribution in [-0.2, 0) is 9.53 Å². The van der Waals surface area contributed by atoms with Gasteiger partial charge in [0.05, 0.1) is 17.1 Å². The normalized spacial score (nSPS) is 13.6. The highest BCUT2D eigenvalue weighted by molar-refractivity contribution is 5.93. The van der Waals surface area contributed by atoms with Gasteiger partial charge in [-0.25, -0.2) is 9.48 Å². The van der Waals surface area contributed by atoms with Crippen LogP contribution < -0.4 is 0 Å². The number of amides is 1. The lowest BCUT2D eigenvalue weighted by Crippen LogP contribution is -2.37. The maximum Gasteiger partial charge on any atom is 0.342 e. The average molecular weight is 415 g/mol. The standard InChI is InChI=1S/C25H25N3O3/c1-18-24(19(2)28(26-18)22-11-7-4-8-12-22)25(30)31-17-23(29)27-15-13-21(14-16-27)20-9-5-3-6-10-20/h3-13H,14-17H2,1-2H3. The second kappa shape index (κ2) is 9.00. The summed E-state index contributed by atoms with van der Waals surface area (Å²) < 4.78 is 7.08. The SMILES string of the molecule is Cc1nn(-c2ccccc2)c(C)c1C(=O)OCC(=O)N1CC=C(c2ccccc2)CC1. The fourth-order valence-corrected chi connectivity index (χ4v) is 3.86. The minimum Gasteiger partial charge on any atom is -0.452 e. The zero-order chi connectivity index (χ0) is 21.8. The van der Waals surface area contributed by atoms with E-state index in [0.29, 0.717) is 30.0 Å². The number of nitrogens with zero attached hydrogens (tertiary/aromatic N) is 3. The van der Waals surface area contributed by atoms with E-state index in [1.165, 1.54) is 11.1 Å². The molecular formula is C25H25N3O3. The highest BCUT2D eigenvalue weighted by Gasteiger charge is 2.23. The van der Waals surface area contributed by atoms with Gasteiger partial charge in [-0.05, 0) is 43.5 Å². The second-order valence-electron chi connectivity index (χ2n) is 7.55. The third-order valence-electron chi connectivity index (χ3n) is 5.53. The maximum absolute atomic E-state index is 12.7. The fourth-order valence-electron chi connectivity index (χ4n) is 3.86. The Morgan fingerprint density at radius 2 is 1.68 bits per heavy atom. The lowest BCUT2D eigenvalue weighted by Gasteiger charge is -2.26. The molecule has 2 aromatic carbocycles. The van der Waals surface area contributed by atoms with Crippen molar-refractivity contribution in [3.63, 3.8) is 0 Å². The van der Waals surface area contributed by atoms with E-state index >= 15 is 0 Å². The summed E-state index contributed by atoms with van der Waals surface area (Å²) in [5.74, 6) is -0.717. The van der Waals surface area contributed by atoms with E-state index in [1.54, 1.807) is 16.5 Å². The molecular weight excluding hydrogens is 390 g/mol. The van der Waals surface area contributed by atoms with E-state index in [-0.39, 0.29) is 12.5 Å². The van der Waals surface area contributed by atoms with Crippen molar-refractivity contribution in [3.8, 4) is 5.69 Å². The Balaban J connectivity index is 1.38. The highest BCUT2D eigenvalue weighted by atomic mass is 16.5. The van der Waals surface area contributed by atoms with Gasteiger partial charge in [-0.3, -0.25) is 4.79 Å². The van der Waals surface area contributed by atoms with Crippen LogP contribution in [0.25, 0.3) is 11.3 Å². The fraction of sp³-hybridized carbons (Fsp3) is 0.240. The van der Waals surface area contributed by atoms with Crippen molar-refractivity contribution in [2.24, 2.45) is 0 Å². The minimum atomic E-state index is -0.525. The van der Waals surface area contributed by atoms with E-state index in [4.69, 9.17) is 4.74 Å². The molecule has 0 saturated heterocycles. The molecule has 0 N–H and O–H groups in total. The molecule has 0 atom stereocenters. The summed E-state index contributed by atoms with van der Waals surface area (Å²) in [5, 5.41) is 4.47. The molecule has 0 aliphatic carbocycles. The van der Waals surface area contributed by atoms with Gasteiger partial charge in [0.15, 0.2) is 6.61 Å². The van der Waals surface area contributed by atoms with Crippen LogP contribution >= 0.6 is 0 Å². The first-order valence-electron chi connectivity index (χ1n) is 10.4. The monoisotopic (exact) mass is 415 g/mol. The van der Waals surface area contributed by atoms with Crippen molar-refractivity contribution >= 4 is 17.4 Å². The number of carbonyl (C=O) groups excluding carboxylic acids is 2. The van der Waals surface area contributed by atoms with E-state index in [9.17, 15) is 9.59 Å². The van der Waals surface area contributed by atoms with Gasteiger partial charge in [0, 0.05) is 13.1 Å². The van der Waals surface area contributed by atoms with Gasteiger partial charge in [-0.2, -0.15) is 5.10 Å². The molecule has 1 amide bonds. The topological polar surface area (TPSA) is 64.4 Å². The lowest BCUT2D eigenvalue weighted by molar-refractivity contribution is -0.134. The number of aromatic nitrogens is 2. The molecule has 3 aromatic rings. The first-order chi connectivity index (χ1) is 15.0. The lowest BCUT2D eigenvalue weighted by atomic mass is 10.00. The van der Waals surface area contributed by atoms with Crippen molar-refractivity contribution in [3.05, 3.63) is 89.3 Å². The molecule has 2 heterocycles. The molecule has 0 bridgehead atoms. The van der Waals surface area contributed by atoms with E-state index in [0.717, 1.165) is 12.1 Å². The van der Waals surface area contributed by atoms with Crippen molar-refractivity contribution in [1.29, 1.82) is 0 Å². The van der Waals surface area contributed by atoms with Gasteiger partial charge in [0.2, 0.25) is 0 Å². The molecule has 0 radical (unpaired) electrons. The molecule has 158 valence electrons. The predicted octanol–water partition coefficient (Wildman–Crippen LogP) is 3.96. The molecule has 1 aromatic heterocycles. The van der Waals surface area contributed by atoms with Gasteiger partial charge in [-0.1, -0.05) is 54.6 Å². The summed E-state index contributed by atoms with van der Waals surface area (Å²) >= 11 is 0. The minimum absolute atomic E-state index is 0.192. The summed E-state index contributed by atoms with van der Waals surface area (Å²) in [6.07, 6.45) is 2.85. The summed E-state index contributed by atoms with van der Waals surface area (Å²) in [7, 11) is 0. The quantitative estimate of drug-likeness (QED) is 0.592. The van der Waals surface area contributed by atoms with Crippen molar-refractivity contribution in [1.82, 2.24) is 14.7 Å². The molecule has 6 heteroatoms. The predicted molar refractivity (Wildman–Crippen MR) is 119 cm³/mol. The van der Waals surface area contributed by atoms with Gasteiger partial charge in [-0.15, -0.1) is 0 Å². The van der Waals surface area contributed by atoms with Crippen molar-refractivity contribution in [2.75, 3.05) is 19.7 Å². The molecule has 0 unspecified atom stereocenters. The third-order valence-corrected chi connectivity index (χ3v) is 5.53. The number of benzene rings is 2. The largest absolute Gasteiger partial charge is 0.452 e. The van der Waals surface area contributed by atoms with Crippen LogP contribution in [0.5, 0.6) is 0 Å². The average Bonchev–Trinajstić information content (AvgIpc) is 3.12. The number of hydrogen-bond donors (Lipinski definition) is 0. The molecule has 0 spiro atoms. The van der Waals surface area contributed by atoms with Crippen LogP contribution in [0.15, 0.2) is 66.7 Å². The Morgan fingerprint density at radius 1 is 1.00 bits per heavy atom.